The Morgan fingerprint density at radius 3 is 1.90 bits per heavy atom. The van der Waals surface area contributed by atoms with E-state index >= 15 is 0 Å². The molecule has 0 aliphatic heterocycles. The summed E-state index contributed by atoms with van der Waals surface area (Å²) >= 11 is 0. The average Bonchev–Trinajstić information content (AvgIpc) is 3.80. The van der Waals surface area contributed by atoms with Crippen molar-refractivity contribution in [3.63, 3.8) is 0 Å². The molecule has 0 unspecified atom stereocenters. The van der Waals surface area contributed by atoms with E-state index in [-0.39, 0.29) is 42.0 Å². The number of aliphatic carboxylic acids is 3. The number of aromatic amines is 1. The number of halogens is 1. The van der Waals surface area contributed by atoms with E-state index in [0.717, 1.165) is 24.3 Å². The number of H-pyrrole nitrogens is 1. The number of ether oxygens (including phenoxy) is 1. The first kappa shape index (κ1) is 61.9. The molecule has 0 spiro atoms. The minimum atomic E-state index is -4.53. The van der Waals surface area contributed by atoms with Crippen molar-refractivity contribution >= 4 is 79.7 Å². The first-order valence-corrected chi connectivity index (χ1v) is 26.6. The highest BCUT2D eigenvalue weighted by Gasteiger charge is 2.34. The number of amides is 3. The minimum Gasteiger partial charge on any atom is -0.497 e. The van der Waals surface area contributed by atoms with Gasteiger partial charge in [-0.3, -0.25) is 47.9 Å². The smallest absolute Gasteiger partial charge is 0.305 e. The van der Waals surface area contributed by atoms with Gasteiger partial charge < -0.3 is 41.0 Å². The van der Waals surface area contributed by atoms with Gasteiger partial charge in [0, 0.05) is 92.8 Å². The van der Waals surface area contributed by atoms with Crippen LogP contribution in [0.25, 0.3) is 10.9 Å². The first-order chi connectivity index (χ1) is 36.6. The fourth-order valence-electron chi connectivity index (χ4n) is 8.52. The lowest BCUT2D eigenvalue weighted by atomic mass is 9.89. The summed E-state index contributed by atoms with van der Waals surface area (Å²) in [5, 5.41) is 37.1. The molecule has 3 aromatic carbocycles. The van der Waals surface area contributed by atoms with Gasteiger partial charge in [0.1, 0.15) is 17.3 Å². The molecule has 5 atom stereocenters. The molecule has 77 heavy (non-hydrogen) atoms. The van der Waals surface area contributed by atoms with Crippen molar-refractivity contribution < 1.29 is 80.8 Å². The highest BCUT2D eigenvalue weighted by Crippen LogP contribution is 2.24. The summed E-state index contributed by atoms with van der Waals surface area (Å²) in [5.74, 6) is -13.3. The van der Waals surface area contributed by atoms with Crippen LogP contribution in [0, 0.1) is 23.6 Å². The maximum atomic E-state index is 14.5. The number of fused-ring (bicyclic) bond motifs is 1. The van der Waals surface area contributed by atoms with Crippen LogP contribution < -0.4 is 25.4 Å². The van der Waals surface area contributed by atoms with Gasteiger partial charge >= 0.3 is 17.9 Å². The molecule has 4 rings (SSSR count). The second-order valence-corrected chi connectivity index (χ2v) is 20.4. The summed E-state index contributed by atoms with van der Waals surface area (Å²) < 4.78 is 48.0. The first-order valence-electron chi connectivity index (χ1n) is 25.1. The Bertz CT molecular complexity index is 2850. The Labute approximate surface area is 444 Å². The Hall–Kier alpha value is -7.66. The van der Waals surface area contributed by atoms with Crippen LogP contribution in [-0.4, -0.2) is 120 Å². The number of para-hydroxylation sites is 1. The van der Waals surface area contributed by atoms with E-state index in [9.17, 15) is 76.1 Å². The fraction of sp³-hybridized carbons (Fsp3) is 0.444. The molecule has 0 radical (unpaired) electrons. The van der Waals surface area contributed by atoms with Crippen molar-refractivity contribution in [2.24, 2.45) is 17.8 Å². The quantitative estimate of drug-likeness (QED) is 0.0285. The third-order valence-corrected chi connectivity index (χ3v) is 14.3. The molecule has 3 amide bonds. The van der Waals surface area contributed by atoms with Crippen molar-refractivity contribution in [2.75, 3.05) is 20.2 Å². The molecular weight excluding hydrogens is 1030 g/mol. The van der Waals surface area contributed by atoms with Crippen LogP contribution in [0.15, 0.2) is 83.9 Å². The number of nitrogens with one attached hydrogen (secondary N) is 5. The normalized spacial score (nSPS) is 13.3. The molecule has 0 fully saturated rings. The van der Waals surface area contributed by atoms with E-state index in [4.69, 9.17) is 4.74 Å². The van der Waals surface area contributed by atoms with Crippen molar-refractivity contribution in [1.29, 1.82) is 0 Å². The number of ketones is 4. The zero-order valence-electron chi connectivity index (χ0n) is 42.8. The highest BCUT2D eigenvalue weighted by molar-refractivity contribution is 7.89. The van der Waals surface area contributed by atoms with Crippen molar-refractivity contribution in [3.8, 4) is 5.75 Å². The molecule has 0 saturated heterocycles. The van der Waals surface area contributed by atoms with Gasteiger partial charge in [-0.25, -0.2) is 17.5 Å². The van der Waals surface area contributed by atoms with Crippen LogP contribution in [0.5, 0.6) is 5.75 Å². The minimum absolute atomic E-state index is 0.116. The summed E-state index contributed by atoms with van der Waals surface area (Å²) in [7, 11) is -3.18. The number of hydrogen-bond acceptors (Lipinski definition) is 13. The third-order valence-electron chi connectivity index (χ3n) is 12.8. The van der Waals surface area contributed by atoms with E-state index < -0.39 is 150 Å². The van der Waals surface area contributed by atoms with E-state index in [0.29, 0.717) is 54.3 Å². The molecule has 0 aliphatic carbocycles. The number of unbranched alkanes of at least 4 members (excludes halogenated alkanes) is 2. The number of carbonyl (C=O) groups is 10. The lowest BCUT2D eigenvalue weighted by Gasteiger charge is -2.24. The van der Waals surface area contributed by atoms with Crippen molar-refractivity contribution in [1.82, 2.24) is 25.7 Å². The van der Waals surface area contributed by atoms with Gasteiger partial charge in [0.25, 0.3) is 0 Å². The Balaban J connectivity index is 1.56. The van der Waals surface area contributed by atoms with Crippen LogP contribution >= 0.6 is 0 Å². The van der Waals surface area contributed by atoms with Gasteiger partial charge in [-0.2, -0.15) is 0 Å². The number of hydrogen-bond donors (Lipinski definition) is 8. The zero-order valence-corrected chi connectivity index (χ0v) is 43.7. The molecule has 8 N–H and O–H groups in total. The summed E-state index contributed by atoms with van der Waals surface area (Å²) in [6.45, 7) is 1.18. The monoisotopic (exact) mass is 1090 g/mol. The van der Waals surface area contributed by atoms with Crippen LogP contribution in [0.4, 0.5) is 4.39 Å². The van der Waals surface area contributed by atoms with E-state index in [1.54, 1.807) is 37.4 Å². The number of methoxy groups -OCH3 is 1. The van der Waals surface area contributed by atoms with Gasteiger partial charge in [0.05, 0.1) is 37.1 Å². The topological polar surface area (TPSA) is 339 Å². The van der Waals surface area contributed by atoms with Gasteiger partial charge in [-0.05, 0) is 85.7 Å². The molecule has 4 aromatic rings. The van der Waals surface area contributed by atoms with E-state index in [1.165, 1.54) is 31.4 Å². The molecule has 0 bridgehead atoms. The molecule has 1 aromatic heterocycles. The standard InChI is InChI=1S/C54H66FN5O16S/c1-3-39(61)12-5-4-8-23-56-52(71)34(15-21-49(65)66)28-47(63)45(27-37-31-57-44-14-7-6-13-43(37)44)59-54(73)36(24-33-10-9-11-38(55)25-33)26-40(62)32-58-53(72)35(16-22-50(67)68)29-48(64)46(30-51(69)70)60-77(74,75)42-19-17-41(76-2)18-20-42/h6-7,9-11,13-14,17-20,25,31,34-36,45-46,57,60H,3-5,8,12,15-16,21-24,26-30,32H2,1-2H3,(H,56,71)(H,58,72)(H,59,73)(H,65,66)(H,67,68)(H,69,70)/t34-,35-,36-,45+,46-/m1/s1. The van der Waals surface area contributed by atoms with Crippen LogP contribution in [-0.2, 0) is 70.8 Å². The predicted molar refractivity (Wildman–Crippen MR) is 276 cm³/mol. The highest BCUT2D eigenvalue weighted by atomic mass is 32.2. The van der Waals surface area contributed by atoms with Crippen LogP contribution in [0.3, 0.4) is 0 Å². The zero-order chi connectivity index (χ0) is 56.7. The largest absolute Gasteiger partial charge is 0.497 e. The molecule has 1 heterocycles. The molecule has 0 saturated carbocycles. The van der Waals surface area contributed by atoms with Gasteiger partial charge in [0.15, 0.2) is 17.3 Å². The second kappa shape index (κ2) is 30.8. The average molecular weight is 1090 g/mol. The third kappa shape index (κ3) is 21.1. The van der Waals surface area contributed by atoms with Crippen LogP contribution in [0.2, 0.25) is 0 Å². The number of carboxylic acids is 3. The second-order valence-electron chi connectivity index (χ2n) is 18.7. The van der Waals surface area contributed by atoms with Gasteiger partial charge in [0.2, 0.25) is 27.7 Å². The summed E-state index contributed by atoms with van der Waals surface area (Å²) in [4.78, 5) is 133. The lowest BCUT2D eigenvalue weighted by Crippen LogP contribution is -2.47. The number of sulfonamides is 1. The fourth-order valence-corrected chi connectivity index (χ4v) is 9.74. The van der Waals surface area contributed by atoms with Crippen molar-refractivity contribution in [2.45, 2.75) is 120 Å². The number of carboxylic acid groups (broad SMARTS) is 3. The number of carbonyl (C=O) groups excluding carboxylic acids is 7. The SMILES string of the molecule is CCC(=O)CCCCCNC(=O)[C@H](CCC(=O)O)CC(=O)[C@H](Cc1c[nH]c2ccccc12)NC(=O)[C@@H](CC(=O)CNC(=O)[C@H](CCC(=O)O)CC(=O)[C@@H](CC(=O)O)NS(=O)(=O)c1ccc(OC)cc1)Cc1cccc(F)c1. The number of aromatic nitrogens is 1. The molecule has 21 nitrogen and oxygen atoms in total. The Morgan fingerprint density at radius 2 is 1.29 bits per heavy atom. The molecular formula is C54H66FN5O16S. The molecule has 416 valence electrons. The maximum absolute atomic E-state index is 14.5. The van der Waals surface area contributed by atoms with E-state index in [1.807, 2.05) is 4.72 Å². The van der Waals surface area contributed by atoms with Crippen molar-refractivity contribution in [3.05, 3.63) is 95.9 Å². The Kier molecular flexibility index (Phi) is 24.7. The number of rotatable bonds is 37. The predicted octanol–water partition coefficient (Wildman–Crippen LogP) is 4.64. The summed E-state index contributed by atoms with van der Waals surface area (Å²) in [5.41, 5.74) is 1.57. The Morgan fingerprint density at radius 1 is 0.649 bits per heavy atom. The molecule has 23 heteroatoms. The van der Waals surface area contributed by atoms with Gasteiger partial charge in [-0.1, -0.05) is 43.7 Å². The maximum Gasteiger partial charge on any atom is 0.305 e. The van der Waals surface area contributed by atoms with Crippen LogP contribution in [0.1, 0.15) is 102 Å². The summed E-state index contributed by atoms with van der Waals surface area (Å²) in [6.07, 6.45) is -0.984. The molecule has 0 aliphatic rings. The number of Topliss-reactive ketones (excluding diaryl/α,β-unsaturated/α-hetero) is 4. The van der Waals surface area contributed by atoms with Gasteiger partial charge in [-0.15, -0.1) is 0 Å². The summed E-state index contributed by atoms with van der Waals surface area (Å²) in [6, 6.07) is 14.0. The van der Waals surface area contributed by atoms with E-state index in [2.05, 4.69) is 20.9 Å². The number of benzene rings is 3. The lowest BCUT2D eigenvalue weighted by molar-refractivity contribution is -0.140.